The topological polar surface area (TPSA) is 20.2 Å². The molecule has 0 aromatic heterocycles. The van der Waals surface area contributed by atoms with Crippen LogP contribution >= 0.6 is 0 Å². The molecule has 2 aliphatic rings. The first kappa shape index (κ1) is 8.49. The molecule has 0 bridgehead atoms. The zero-order chi connectivity index (χ0) is 9.71. The maximum absolute atomic E-state index is 9.98. The summed E-state index contributed by atoms with van der Waals surface area (Å²) < 4.78 is 0. The van der Waals surface area contributed by atoms with Gasteiger partial charge in [-0.05, 0) is 53.9 Å². The van der Waals surface area contributed by atoms with Gasteiger partial charge in [-0.3, -0.25) is 0 Å². The van der Waals surface area contributed by atoms with Crippen LogP contribution in [-0.2, 0) is 19.3 Å². The molecule has 0 spiro atoms. The lowest BCUT2D eigenvalue weighted by Crippen LogP contribution is -2.01. The third kappa shape index (κ3) is 1.05. The summed E-state index contributed by atoms with van der Waals surface area (Å²) in [5.74, 6) is 0.410. The van der Waals surface area contributed by atoms with Crippen LogP contribution in [0.15, 0.2) is 12.1 Å². The second kappa shape index (κ2) is 2.83. The number of fused-ring (bicyclic) bond motifs is 2. The van der Waals surface area contributed by atoms with E-state index in [4.69, 9.17) is 0 Å². The molecule has 1 aromatic carbocycles. The molecule has 0 saturated heterocycles. The van der Waals surface area contributed by atoms with Gasteiger partial charge in [0.2, 0.25) is 0 Å². The zero-order valence-electron chi connectivity index (χ0n) is 8.59. The van der Waals surface area contributed by atoms with Crippen LogP contribution in [0.4, 0.5) is 0 Å². The average molecular weight is 188 g/mol. The molecule has 0 saturated carbocycles. The average Bonchev–Trinajstić information content (AvgIpc) is 2.70. The number of benzene rings is 1. The van der Waals surface area contributed by atoms with Gasteiger partial charge in [-0.2, -0.15) is 0 Å². The molecular formula is C13H16O. The summed E-state index contributed by atoms with van der Waals surface area (Å²) in [5.41, 5.74) is 5.62. The summed E-state index contributed by atoms with van der Waals surface area (Å²) in [6.07, 6.45) is 4.60. The Labute approximate surface area is 84.8 Å². The molecule has 0 amide bonds. The number of aliphatic hydroxyl groups is 1. The van der Waals surface area contributed by atoms with Crippen molar-refractivity contribution in [2.24, 2.45) is 5.92 Å². The molecule has 2 unspecified atom stereocenters. The summed E-state index contributed by atoms with van der Waals surface area (Å²) in [6, 6.07) is 4.59. The van der Waals surface area contributed by atoms with Gasteiger partial charge in [0, 0.05) is 0 Å². The van der Waals surface area contributed by atoms with Crippen LogP contribution in [0.2, 0.25) is 0 Å². The fourth-order valence-electron chi connectivity index (χ4n) is 2.91. The van der Waals surface area contributed by atoms with Gasteiger partial charge in [0.15, 0.2) is 0 Å². The molecule has 1 heteroatoms. The van der Waals surface area contributed by atoms with Crippen LogP contribution in [0.1, 0.15) is 41.7 Å². The highest BCUT2D eigenvalue weighted by molar-refractivity contribution is 5.44. The van der Waals surface area contributed by atoms with Crippen LogP contribution < -0.4 is 0 Å². The second-order valence-corrected chi connectivity index (χ2v) is 4.80. The Balaban J connectivity index is 2.13. The van der Waals surface area contributed by atoms with Crippen LogP contribution in [-0.4, -0.2) is 5.11 Å². The highest BCUT2D eigenvalue weighted by atomic mass is 16.3. The van der Waals surface area contributed by atoms with Crippen molar-refractivity contribution in [2.45, 2.75) is 38.7 Å². The van der Waals surface area contributed by atoms with Gasteiger partial charge in [0.1, 0.15) is 0 Å². The van der Waals surface area contributed by atoms with Crippen molar-refractivity contribution in [1.29, 1.82) is 0 Å². The minimum atomic E-state index is -0.212. The van der Waals surface area contributed by atoms with E-state index in [0.29, 0.717) is 5.92 Å². The molecule has 1 nitrogen and oxygen atoms in total. The molecule has 1 N–H and O–H groups in total. The van der Waals surface area contributed by atoms with E-state index in [1.165, 1.54) is 41.5 Å². The van der Waals surface area contributed by atoms with Gasteiger partial charge in [-0.1, -0.05) is 19.1 Å². The number of aliphatic hydroxyl groups excluding tert-OH is 1. The minimum absolute atomic E-state index is 0.212. The lowest BCUT2D eigenvalue weighted by Gasteiger charge is -2.09. The van der Waals surface area contributed by atoms with Crippen molar-refractivity contribution < 1.29 is 5.11 Å². The van der Waals surface area contributed by atoms with Crippen LogP contribution in [0.3, 0.4) is 0 Å². The number of hydrogen-bond donors (Lipinski definition) is 1. The van der Waals surface area contributed by atoms with Crippen molar-refractivity contribution in [3.05, 3.63) is 34.4 Å². The number of rotatable bonds is 0. The van der Waals surface area contributed by atoms with Crippen molar-refractivity contribution in [3.8, 4) is 0 Å². The third-order valence-electron chi connectivity index (χ3n) is 3.75. The molecule has 3 rings (SSSR count). The maximum Gasteiger partial charge on any atom is 0.0821 e. The van der Waals surface area contributed by atoms with Gasteiger partial charge < -0.3 is 5.11 Å². The standard InChI is InChI=1S/C13H16O/c1-8-5-11-6-9-3-2-4-10(9)7-12(11)13(8)14/h6-8,13-14H,2-5H2,1H3. The molecule has 74 valence electrons. The SMILES string of the molecule is CC1Cc2cc3c(cc2C1O)CCC3. The van der Waals surface area contributed by atoms with E-state index in [2.05, 4.69) is 19.1 Å². The Hall–Kier alpha value is -0.820. The predicted octanol–water partition coefficient (Wildman–Crippen LogP) is 2.40. The normalized spacial score (nSPS) is 29.0. The van der Waals surface area contributed by atoms with Crippen molar-refractivity contribution >= 4 is 0 Å². The summed E-state index contributed by atoms with van der Waals surface area (Å²) in [7, 11) is 0. The van der Waals surface area contributed by atoms with E-state index in [1.54, 1.807) is 0 Å². The van der Waals surface area contributed by atoms with Crippen molar-refractivity contribution in [2.75, 3.05) is 0 Å². The lowest BCUT2D eigenvalue weighted by molar-refractivity contribution is 0.133. The Kier molecular flexibility index (Phi) is 1.72. The molecule has 0 radical (unpaired) electrons. The monoisotopic (exact) mass is 188 g/mol. The first-order valence-corrected chi connectivity index (χ1v) is 5.58. The largest absolute Gasteiger partial charge is 0.388 e. The molecule has 0 aliphatic heterocycles. The van der Waals surface area contributed by atoms with Crippen LogP contribution in [0, 0.1) is 5.92 Å². The predicted molar refractivity (Wildman–Crippen MR) is 56.3 cm³/mol. The molecule has 0 fully saturated rings. The summed E-state index contributed by atoms with van der Waals surface area (Å²) in [5, 5.41) is 9.98. The maximum atomic E-state index is 9.98. The summed E-state index contributed by atoms with van der Waals surface area (Å²) in [4.78, 5) is 0. The Morgan fingerprint density at radius 3 is 2.64 bits per heavy atom. The van der Waals surface area contributed by atoms with Gasteiger partial charge in [0.25, 0.3) is 0 Å². The first-order valence-electron chi connectivity index (χ1n) is 5.58. The molecule has 2 atom stereocenters. The highest BCUT2D eigenvalue weighted by Gasteiger charge is 2.29. The van der Waals surface area contributed by atoms with Gasteiger partial charge in [-0.15, -0.1) is 0 Å². The molecule has 14 heavy (non-hydrogen) atoms. The summed E-state index contributed by atoms with van der Waals surface area (Å²) >= 11 is 0. The van der Waals surface area contributed by atoms with E-state index in [0.717, 1.165) is 6.42 Å². The number of hydrogen-bond acceptors (Lipinski definition) is 1. The van der Waals surface area contributed by atoms with Gasteiger partial charge in [0.05, 0.1) is 6.10 Å². The van der Waals surface area contributed by atoms with Crippen molar-refractivity contribution in [3.63, 3.8) is 0 Å². The number of aryl methyl sites for hydroxylation is 2. The smallest absolute Gasteiger partial charge is 0.0821 e. The van der Waals surface area contributed by atoms with Gasteiger partial charge in [-0.25, -0.2) is 0 Å². The molecule has 1 aromatic rings. The van der Waals surface area contributed by atoms with E-state index in [9.17, 15) is 5.11 Å². The quantitative estimate of drug-likeness (QED) is 0.663. The third-order valence-corrected chi connectivity index (χ3v) is 3.75. The van der Waals surface area contributed by atoms with Crippen LogP contribution in [0.25, 0.3) is 0 Å². The van der Waals surface area contributed by atoms with Crippen molar-refractivity contribution in [1.82, 2.24) is 0 Å². The van der Waals surface area contributed by atoms with E-state index in [-0.39, 0.29) is 6.10 Å². The Morgan fingerprint density at radius 2 is 1.86 bits per heavy atom. The fourth-order valence-corrected chi connectivity index (χ4v) is 2.91. The zero-order valence-corrected chi connectivity index (χ0v) is 8.59. The van der Waals surface area contributed by atoms with E-state index in [1.807, 2.05) is 0 Å². The molecule has 0 heterocycles. The minimum Gasteiger partial charge on any atom is -0.388 e. The Bertz CT molecular complexity index is 381. The van der Waals surface area contributed by atoms with E-state index < -0.39 is 0 Å². The fraction of sp³-hybridized carbons (Fsp3) is 0.538. The van der Waals surface area contributed by atoms with Gasteiger partial charge >= 0.3 is 0 Å². The highest BCUT2D eigenvalue weighted by Crippen LogP contribution is 2.38. The van der Waals surface area contributed by atoms with Crippen LogP contribution in [0.5, 0.6) is 0 Å². The molecular weight excluding hydrogens is 172 g/mol. The first-order chi connectivity index (χ1) is 6.75. The second-order valence-electron chi connectivity index (χ2n) is 4.80. The summed E-state index contributed by atoms with van der Waals surface area (Å²) in [6.45, 7) is 2.13. The lowest BCUT2D eigenvalue weighted by atomic mass is 10.0. The Morgan fingerprint density at radius 1 is 1.14 bits per heavy atom. The van der Waals surface area contributed by atoms with E-state index >= 15 is 0 Å². The molecule has 2 aliphatic carbocycles.